The van der Waals surface area contributed by atoms with E-state index in [0.717, 1.165) is 22.5 Å². The number of nitrogens with one attached hydrogen (secondary N) is 1. The molecule has 0 unspecified atom stereocenters. The van der Waals surface area contributed by atoms with E-state index >= 15 is 0 Å². The standard InChI is InChI=1S/C29H32N2O5/c1-21-9-6-7-12-24(21)29(20-27(33)31(28(29)34)16-18-35-2)19-26(32)30-15-14-23(25-13-8-17-36-25)22-10-4-3-5-11-22/h3-13,17,23H,14-16,18-20H2,1-2H3,(H,30,32)/t23-,29-/m1/s1. The molecular formula is C29H32N2O5. The normalized spacial score (nSPS) is 18.4. The summed E-state index contributed by atoms with van der Waals surface area (Å²) in [5, 5.41) is 2.99. The van der Waals surface area contributed by atoms with Crippen LogP contribution in [-0.4, -0.2) is 49.4 Å². The average molecular weight is 489 g/mol. The third-order valence-electron chi connectivity index (χ3n) is 6.89. The number of nitrogens with zero attached hydrogens (tertiary/aromatic N) is 1. The predicted molar refractivity (Wildman–Crippen MR) is 135 cm³/mol. The molecule has 1 aliphatic rings. The largest absolute Gasteiger partial charge is 0.469 e. The second kappa shape index (κ2) is 11.4. The number of likely N-dealkylation sites (tertiary alicyclic amines) is 1. The van der Waals surface area contributed by atoms with Crippen LogP contribution in [0.5, 0.6) is 0 Å². The van der Waals surface area contributed by atoms with Gasteiger partial charge in [0.15, 0.2) is 0 Å². The minimum Gasteiger partial charge on any atom is -0.469 e. The monoisotopic (exact) mass is 488 g/mol. The molecule has 1 fully saturated rings. The zero-order chi connectivity index (χ0) is 25.5. The Kier molecular flexibility index (Phi) is 8.00. The van der Waals surface area contributed by atoms with E-state index in [1.807, 2.05) is 73.7 Å². The molecule has 2 aromatic carbocycles. The number of ether oxygens (including phenoxy) is 1. The third-order valence-corrected chi connectivity index (χ3v) is 6.89. The van der Waals surface area contributed by atoms with Crippen LogP contribution in [0.25, 0.3) is 0 Å². The number of methoxy groups -OCH3 is 1. The fourth-order valence-electron chi connectivity index (χ4n) is 5.10. The van der Waals surface area contributed by atoms with Crippen LogP contribution in [0, 0.1) is 6.92 Å². The third kappa shape index (κ3) is 5.26. The van der Waals surface area contributed by atoms with Crippen LogP contribution in [0.1, 0.15) is 47.6 Å². The minimum atomic E-state index is -1.22. The van der Waals surface area contributed by atoms with Crippen molar-refractivity contribution in [3.8, 4) is 0 Å². The number of hydrogen-bond donors (Lipinski definition) is 1. The van der Waals surface area contributed by atoms with Crippen molar-refractivity contribution < 1.29 is 23.5 Å². The Hall–Kier alpha value is -3.71. The molecule has 3 aromatic rings. The second-order valence-corrected chi connectivity index (χ2v) is 9.21. The molecule has 0 aliphatic carbocycles. The summed E-state index contributed by atoms with van der Waals surface area (Å²) in [4.78, 5) is 40.9. The van der Waals surface area contributed by atoms with Gasteiger partial charge in [-0.15, -0.1) is 0 Å². The lowest BCUT2D eigenvalue weighted by Gasteiger charge is -2.28. The summed E-state index contributed by atoms with van der Waals surface area (Å²) in [6.07, 6.45) is 2.15. The SMILES string of the molecule is COCCN1C(=O)C[C@](CC(=O)NCC[C@H](c2ccccc2)c2ccco2)(c2ccccc2C)C1=O. The molecule has 0 spiro atoms. The molecule has 7 heteroatoms. The molecule has 0 radical (unpaired) electrons. The molecular weight excluding hydrogens is 456 g/mol. The van der Waals surface area contributed by atoms with Crippen LogP contribution in [0.15, 0.2) is 77.4 Å². The Morgan fingerprint density at radius 2 is 1.83 bits per heavy atom. The van der Waals surface area contributed by atoms with Crippen molar-refractivity contribution in [2.24, 2.45) is 0 Å². The van der Waals surface area contributed by atoms with Crippen LogP contribution in [-0.2, 0) is 24.5 Å². The number of imide groups is 1. The number of hydrogen-bond acceptors (Lipinski definition) is 5. The smallest absolute Gasteiger partial charge is 0.240 e. The maximum atomic E-state index is 13.6. The average Bonchev–Trinajstić information content (AvgIpc) is 3.49. The van der Waals surface area contributed by atoms with Crippen molar-refractivity contribution in [2.45, 2.75) is 37.5 Å². The van der Waals surface area contributed by atoms with Gasteiger partial charge in [0.1, 0.15) is 5.76 Å². The topological polar surface area (TPSA) is 88.8 Å². The maximum absolute atomic E-state index is 13.6. The van der Waals surface area contributed by atoms with Gasteiger partial charge in [-0.05, 0) is 42.2 Å². The van der Waals surface area contributed by atoms with Crippen LogP contribution in [0.3, 0.4) is 0 Å². The molecule has 1 saturated heterocycles. The van der Waals surface area contributed by atoms with Gasteiger partial charge < -0.3 is 14.5 Å². The second-order valence-electron chi connectivity index (χ2n) is 9.21. The van der Waals surface area contributed by atoms with Gasteiger partial charge in [0.05, 0.1) is 24.8 Å². The van der Waals surface area contributed by atoms with Crippen LogP contribution in [0.4, 0.5) is 0 Å². The van der Waals surface area contributed by atoms with Crippen molar-refractivity contribution in [1.82, 2.24) is 10.2 Å². The highest BCUT2D eigenvalue weighted by Gasteiger charge is 2.54. The highest BCUT2D eigenvalue weighted by Crippen LogP contribution is 2.41. The van der Waals surface area contributed by atoms with E-state index in [2.05, 4.69) is 5.32 Å². The van der Waals surface area contributed by atoms with E-state index in [4.69, 9.17) is 9.15 Å². The molecule has 7 nitrogen and oxygen atoms in total. The number of furan rings is 1. The van der Waals surface area contributed by atoms with E-state index in [9.17, 15) is 14.4 Å². The Labute approximate surface area is 211 Å². The quantitative estimate of drug-likeness (QED) is 0.413. The molecule has 2 heterocycles. The first-order chi connectivity index (χ1) is 17.5. The summed E-state index contributed by atoms with van der Waals surface area (Å²) in [6.45, 7) is 2.73. The zero-order valence-corrected chi connectivity index (χ0v) is 20.7. The number of aryl methyl sites for hydroxylation is 1. The van der Waals surface area contributed by atoms with Crippen molar-refractivity contribution in [1.29, 1.82) is 0 Å². The highest BCUT2D eigenvalue weighted by molar-refractivity contribution is 6.11. The van der Waals surface area contributed by atoms with Crippen molar-refractivity contribution in [3.05, 3.63) is 95.4 Å². The minimum absolute atomic E-state index is 0.00828. The van der Waals surface area contributed by atoms with Crippen LogP contribution in [0.2, 0.25) is 0 Å². The Morgan fingerprint density at radius 1 is 1.08 bits per heavy atom. The zero-order valence-electron chi connectivity index (χ0n) is 20.7. The van der Waals surface area contributed by atoms with E-state index in [-0.39, 0.29) is 49.6 Å². The first-order valence-corrected chi connectivity index (χ1v) is 12.2. The lowest BCUT2D eigenvalue weighted by atomic mass is 9.74. The number of amides is 3. The summed E-state index contributed by atoms with van der Waals surface area (Å²) in [7, 11) is 1.53. The molecule has 1 aliphatic heterocycles. The van der Waals surface area contributed by atoms with Gasteiger partial charge >= 0.3 is 0 Å². The van der Waals surface area contributed by atoms with Crippen LogP contribution < -0.4 is 5.32 Å². The van der Waals surface area contributed by atoms with Gasteiger partial charge in [-0.25, -0.2) is 0 Å². The van der Waals surface area contributed by atoms with Gasteiger partial charge in [-0.1, -0.05) is 54.6 Å². The van der Waals surface area contributed by atoms with Gasteiger partial charge in [-0.3, -0.25) is 19.3 Å². The molecule has 188 valence electrons. The predicted octanol–water partition coefficient (Wildman–Crippen LogP) is 3.96. The first-order valence-electron chi connectivity index (χ1n) is 12.2. The fraction of sp³-hybridized carbons (Fsp3) is 0.345. The molecule has 1 N–H and O–H groups in total. The van der Waals surface area contributed by atoms with Gasteiger partial charge in [-0.2, -0.15) is 0 Å². The van der Waals surface area contributed by atoms with Crippen LogP contribution >= 0.6 is 0 Å². The number of rotatable bonds is 11. The van der Waals surface area contributed by atoms with E-state index in [1.165, 1.54) is 12.0 Å². The molecule has 3 amide bonds. The van der Waals surface area contributed by atoms with Gasteiger partial charge in [0, 0.05) is 32.4 Å². The fourth-order valence-corrected chi connectivity index (χ4v) is 5.10. The summed E-state index contributed by atoms with van der Waals surface area (Å²) in [5.74, 6) is -0.0655. The Bertz CT molecular complexity index is 1190. The maximum Gasteiger partial charge on any atom is 0.240 e. The Balaban J connectivity index is 1.50. The molecule has 4 rings (SSSR count). The molecule has 0 bridgehead atoms. The van der Waals surface area contributed by atoms with E-state index in [1.54, 1.807) is 6.26 Å². The molecule has 0 saturated carbocycles. The summed E-state index contributed by atoms with van der Waals surface area (Å²) >= 11 is 0. The lowest BCUT2D eigenvalue weighted by Crippen LogP contribution is -2.43. The highest BCUT2D eigenvalue weighted by atomic mass is 16.5. The number of benzene rings is 2. The van der Waals surface area contributed by atoms with E-state index in [0.29, 0.717) is 13.0 Å². The van der Waals surface area contributed by atoms with Gasteiger partial charge in [0.25, 0.3) is 0 Å². The van der Waals surface area contributed by atoms with Crippen molar-refractivity contribution >= 4 is 17.7 Å². The lowest BCUT2D eigenvalue weighted by molar-refractivity contribution is -0.141. The molecule has 2 atom stereocenters. The van der Waals surface area contributed by atoms with Gasteiger partial charge in [0.2, 0.25) is 17.7 Å². The number of carbonyl (C=O) groups is 3. The first kappa shape index (κ1) is 25.4. The summed E-state index contributed by atoms with van der Waals surface area (Å²) in [6, 6.07) is 21.3. The summed E-state index contributed by atoms with van der Waals surface area (Å²) < 4.78 is 10.8. The number of carbonyl (C=O) groups excluding carboxylic acids is 3. The van der Waals surface area contributed by atoms with Crippen molar-refractivity contribution in [2.75, 3.05) is 26.8 Å². The molecule has 36 heavy (non-hydrogen) atoms. The summed E-state index contributed by atoms with van der Waals surface area (Å²) in [5.41, 5.74) is 1.47. The molecule has 1 aromatic heterocycles. The Morgan fingerprint density at radius 3 is 2.53 bits per heavy atom. The van der Waals surface area contributed by atoms with E-state index < -0.39 is 5.41 Å². The van der Waals surface area contributed by atoms with Crippen molar-refractivity contribution in [3.63, 3.8) is 0 Å².